The van der Waals surface area contributed by atoms with Crippen molar-refractivity contribution >= 4 is 17.2 Å². The molecule has 0 aliphatic rings. The number of benzene rings is 2. The van der Waals surface area contributed by atoms with E-state index in [0.29, 0.717) is 18.7 Å². The highest BCUT2D eigenvalue weighted by molar-refractivity contribution is 7.13. The molecule has 0 aliphatic carbocycles. The highest BCUT2D eigenvalue weighted by Crippen LogP contribution is 2.25. The smallest absolute Gasteiger partial charge is 0.251 e. The Morgan fingerprint density at radius 1 is 1.14 bits per heavy atom. The predicted octanol–water partition coefficient (Wildman–Crippen LogP) is 4.93. The van der Waals surface area contributed by atoms with Crippen LogP contribution in [0.5, 0.6) is 11.5 Å². The molecule has 1 aromatic heterocycles. The second-order valence-corrected chi connectivity index (χ2v) is 7.14. The van der Waals surface area contributed by atoms with Crippen molar-refractivity contribution in [3.8, 4) is 22.1 Å². The zero-order chi connectivity index (χ0) is 19.8. The number of aromatic nitrogens is 1. The molecule has 0 fully saturated rings. The van der Waals surface area contributed by atoms with E-state index in [0.717, 1.165) is 40.6 Å². The van der Waals surface area contributed by atoms with Gasteiger partial charge in [0.05, 0.1) is 26.0 Å². The maximum atomic E-state index is 12.4. The lowest BCUT2D eigenvalue weighted by molar-refractivity contribution is 0.0950. The van der Waals surface area contributed by atoms with Gasteiger partial charge in [-0.15, -0.1) is 11.3 Å². The Labute approximate surface area is 169 Å². The van der Waals surface area contributed by atoms with Crippen LogP contribution in [0.4, 0.5) is 0 Å². The van der Waals surface area contributed by atoms with E-state index in [-0.39, 0.29) is 5.91 Å². The maximum Gasteiger partial charge on any atom is 0.251 e. The summed E-state index contributed by atoms with van der Waals surface area (Å²) in [6, 6.07) is 15.0. The normalized spacial score (nSPS) is 10.5. The molecule has 0 saturated heterocycles. The molecule has 3 aromatic rings. The summed E-state index contributed by atoms with van der Waals surface area (Å²) in [7, 11) is 1.65. The van der Waals surface area contributed by atoms with Crippen molar-refractivity contribution in [1.29, 1.82) is 0 Å². The van der Waals surface area contributed by atoms with Crippen molar-refractivity contribution in [2.24, 2.45) is 0 Å². The molecule has 0 radical (unpaired) electrons. The number of unbranched alkanes of at least 4 members (excludes halogenated alkanes) is 1. The minimum Gasteiger partial charge on any atom is -0.497 e. The molecule has 5 nitrogen and oxygen atoms in total. The van der Waals surface area contributed by atoms with Crippen LogP contribution in [0.15, 0.2) is 53.9 Å². The Kier molecular flexibility index (Phi) is 7.03. The van der Waals surface area contributed by atoms with Crippen LogP contribution < -0.4 is 14.8 Å². The first-order valence-corrected chi connectivity index (χ1v) is 10.2. The number of hydrogen-bond acceptors (Lipinski definition) is 5. The van der Waals surface area contributed by atoms with Gasteiger partial charge in [-0.25, -0.2) is 4.98 Å². The van der Waals surface area contributed by atoms with Crippen LogP contribution in [-0.4, -0.2) is 24.6 Å². The average molecular weight is 397 g/mol. The summed E-state index contributed by atoms with van der Waals surface area (Å²) in [4.78, 5) is 17.0. The number of ether oxygens (including phenoxy) is 2. The average Bonchev–Trinajstić information content (AvgIpc) is 3.21. The van der Waals surface area contributed by atoms with Crippen molar-refractivity contribution in [1.82, 2.24) is 10.3 Å². The molecular weight excluding hydrogens is 372 g/mol. The summed E-state index contributed by atoms with van der Waals surface area (Å²) in [6.07, 6.45) is 2.07. The molecule has 0 atom stereocenters. The lowest BCUT2D eigenvalue weighted by Gasteiger charge is -2.08. The van der Waals surface area contributed by atoms with Gasteiger partial charge in [0.2, 0.25) is 0 Å². The topological polar surface area (TPSA) is 60.5 Å². The predicted molar refractivity (Wildman–Crippen MR) is 112 cm³/mol. The largest absolute Gasteiger partial charge is 0.497 e. The zero-order valence-electron chi connectivity index (χ0n) is 16.1. The molecule has 0 spiro atoms. The molecule has 146 valence electrons. The third-order valence-electron chi connectivity index (χ3n) is 4.18. The Morgan fingerprint density at radius 2 is 1.96 bits per heavy atom. The van der Waals surface area contributed by atoms with Gasteiger partial charge in [-0.3, -0.25) is 4.79 Å². The summed E-state index contributed by atoms with van der Waals surface area (Å²) >= 11 is 1.55. The van der Waals surface area contributed by atoms with Gasteiger partial charge in [-0.1, -0.05) is 19.4 Å². The third-order valence-corrected chi connectivity index (χ3v) is 5.12. The molecule has 3 rings (SSSR count). The van der Waals surface area contributed by atoms with E-state index < -0.39 is 0 Å². The molecule has 0 aliphatic heterocycles. The van der Waals surface area contributed by atoms with Gasteiger partial charge >= 0.3 is 0 Å². The Bertz CT molecular complexity index is 906. The van der Waals surface area contributed by atoms with Gasteiger partial charge in [0.1, 0.15) is 16.5 Å². The number of methoxy groups -OCH3 is 1. The molecule has 1 N–H and O–H groups in total. The van der Waals surface area contributed by atoms with E-state index in [9.17, 15) is 4.79 Å². The molecular formula is C22H24N2O3S. The minimum absolute atomic E-state index is 0.139. The van der Waals surface area contributed by atoms with Crippen molar-refractivity contribution < 1.29 is 14.3 Å². The summed E-state index contributed by atoms with van der Waals surface area (Å²) in [5, 5.41) is 5.80. The highest BCUT2D eigenvalue weighted by atomic mass is 32.1. The first-order valence-electron chi connectivity index (χ1n) is 9.29. The zero-order valence-corrected chi connectivity index (χ0v) is 16.9. The van der Waals surface area contributed by atoms with Crippen LogP contribution in [0, 0.1) is 0 Å². The molecule has 1 heterocycles. The fourth-order valence-corrected chi connectivity index (χ4v) is 3.41. The maximum absolute atomic E-state index is 12.4. The first kappa shape index (κ1) is 19.9. The van der Waals surface area contributed by atoms with E-state index in [4.69, 9.17) is 9.47 Å². The lowest BCUT2D eigenvalue weighted by Crippen LogP contribution is -2.22. The number of carbonyl (C=O) groups is 1. The van der Waals surface area contributed by atoms with Crippen LogP contribution >= 0.6 is 11.3 Å². The number of hydrogen-bond donors (Lipinski definition) is 1. The molecule has 6 heteroatoms. The molecule has 0 unspecified atom stereocenters. The Hall–Kier alpha value is -2.86. The molecule has 2 aromatic carbocycles. The van der Waals surface area contributed by atoms with Crippen molar-refractivity contribution in [2.75, 3.05) is 13.7 Å². The quantitative estimate of drug-likeness (QED) is 0.521. The number of nitrogens with one attached hydrogen (secondary N) is 1. The molecule has 0 bridgehead atoms. The van der Waals surface area contributed by atoms with E-state index in [2.05, 4.69) is 17.2 Å². The standard InChI is InChI=1S/C22H24N2O3S/c1-3-4-12-27-20-7-5-6-17(13-20)21(25)23-14-18-15-28-22(24-18)16-8-10-19(26-2)11-9-16/h5-11,13,15H,3-4,12,14H2,1-2H3,(H,23,25). The second-order valence-electron chi connectivity index (χ2n) is 6.29. The van der Waals surface area contributed by atoms with E-state index in [1.807, 2.05) is 41.8 Å². The van der Waals surface area contributed by atoms with Crippen LogP contribution in [0.25, 0.3) is 10.6 Å². The summed E-state index contributed by atoms with van der Waals surface area (Å²) in [6.45, 7) is 3.16. The summed E-state index contributed by atoms with van der Waals surface area (Å²) < 4.78 is 10.8. The van der Waals surface area contributed by atoms with Crippen molar-refractivity contribution in [2.45, 2.75) is 26.3 Å². The number of nitrogens with zero attached hydrogens (tertiary/aromatic N) is 1. The summed E-state index contributed by atoms with van der Waals surface area (Å²) in [5.74, 6) is 1.39. The van der Waals surface area contributed by atoms with Gasteiger partial charge in [0.25, 0.3) is 5.91 Å². The van der Waals surface area contributed by atoms with E-state index in [1.165, 1.54) is 0 Å². The van der Waals surface area contributed by atoms with Crippen LogP contribution in [0.3, 0.4) is 0 Å². The monoisotopic (exact) mass is 396 g/mol. The van der Waals surface area contributed by atoms with Gasteiger partial charge in [-0.2, -0.15) is 0 Å². The molecule has 0 saturated carbocycles. The molecule has 1 amide bonds. The second kappa shape index (κ2) is 9.90. The van der Waals surface area contributed by atoms with Crippen LogP contribution in [0.2, 0.25) is 0 Å². The Balaban J connectivity index is 1.57. The highest BCUT2D eigenvalue weighted by Gasteiger charge is 2.09. The van der Waals surface area contributed by atoms with Gasteiger partial charge in [-0.05, 0) is 48.9 Å². The van der Waals surface area contributed by atoms with Crippen molar-refractivity contribution in [3.63, 3.8) is 0 Å². The van der Waals surface area contributed by atoms with E-state index >= 15 is 0 Å². The first-order chi connectivity index (χ1) is 13.7. The van der Waals surface area contributed by atoms with Gasteiger partial charge in [0, 0.05) is 16.5 Å². The SMILES string of the molecule is CCCCOc1cccc(C(=O)NCc2csc(-c3ccc(OC)cc3)n2)c1. The number of amides is 1. The van der Waals surface area contributed by atoms with Gasteiger partial charge in [0.15, 0.2) is 0 Å². The third kappa shape index (κ3) is 5.33. The van der Waals surface area contributed by atoms with Gasteiger partial charge < -0.3 is 14.8 Å². The minimum atomic E-state index is -0.139. The Morgan fingerprint density at radius 3 is 2.71 bits per heavy atom. The van der Waals surface area contributed by atoms with Crippen molar-refractivity contribution in [3.05, 3.63) is 65.2 Å². The van der Waals surface area contributed by atoms with E-state index in [1.54, 1.807) is 30.6 Å². The summed E-state index contributed by atoms with van der Waals surface area (Å²) in [5.41, 5.74) is 2.44. The number of thiazole rings is 1. The lowest BCUT2D eigenvalue weighted by atomic mass is 10.2. The van der Waals surface area contributed by atoms with Crippen LogP contribution in [0.1, 0.15) is 35.8 Å². The van der Waals surface area contributed by atoms with Crippen LogP contribution in [-0.2, 0) is 6.54 Å². The number of rotatable bonds is 9. The fourth-order valence-electron chi connectivity index (χ4n) is 2.59. The molecule has 28 heavy (non-hydrogen) atoms. The number of carbonyl (C=O) groups excluding carboxylic acids is 1. The fraction of sp³-hybridized carbons (Fsp3) is 0.273.